The second-order valence-electron chi connectivity index (χ2n) is 3.88. The Morgan fingerprint density at radius 3 is 3.13 bits per heavy atom. The lowest BCUT2D eigenvalue weighted by Gasteiger charge is -2.19. The van der Waals surface area contributed by atoms with Gasteiger partial charge in [-0.1, -0.05) is 6.07 Å². The molecule has 0 saturated heterocycles. The first-order valence-electron chi connectivity index (χ1n) is 5.00. The SMILES string of the molecule is O=C1CCc2c(ccc3c2B(O)OC3)N1. The summed E-state index contributed by atoms with van der Waals surface area (Å²) in [6.07, 6.45) is 1.17. The fourth-order valence-corrected chi connectivity index (χ4v) is 2.24. The number of hydrogen-bond donors (Lipinski definition) is 2. The fourth-order valence-electron chi connectivity index (χ4n) is 2.24. The van der Waals surface area contributed by atoms with Crippen LogP contribution in [0.15, 0.2) is 12.1 Å². The van der Waals surface area contributed by atoms with Gasteiger partial charge in [0.25, 0.3) is 0 Å². The van der Waals surface area contributed by atoms with Crippen LogP contribution in [0.5, 0.6) is 0 Å². The first kappa shape index (κ1) is 8.94. The molecule has 0 fully saturated rings. The minimum Gasteiger partial charge on any atom is -0.423 e. The molecule has 76 valence electrons. The summed E-state index contributed by atoms with van der Waals surface area (Å²) in [4.78, 5) is 11.2. The van der Waals surface area contributed by atoms with Gasteiger partial charge in [0.05, 0.1) is 6.61 Å². The van der Waals surface area contributed by atoms with E-state index < -0.39 is 7.12 Å². The van der Waals surface area contributed by atoms with Crippen LogP contribution < -0.4 is 10.8 Å². The molecule has 0 unspecified atom stereocenters. The lowest BCUT2D eigenvalue weighted by molar-refractivity contribution is -0.116. The van der Waals surface area contributed by atoms with Crippen molar-refractivity contribution in [3.8, 4) is 0 Å². The summed E-state index contributed by atoms with van der Waals surface area (Å²) < 4.78 is 5.16. The van der Waals surface area contributed by atoms with Crippen LogP contribution in [0.2, 0.25) is 0 Å². The monoisotopic (exact) mass is 203 g/mol. The Morgan fingerprint density at radius 2 is 2.27 bits per heavy atom. The minimum atomic E-state index is -0.829. The number of fused-ring (bicyclic) bond motifs is 3. The zero-order chi connectivity index (χ0) is 10.4. The first-order valence-corrected chi connectivity index (χ1v) is 5.00. The van der Waals surface area contributed by atoms with Crippen LogP contribution in [-0.2, 0) is 22.5 Å². The predicted octanol–water partition coefficient (Wildman–Crippen LogP) is -0.211. The summed E-state index contributed by atoms with van der Waals surface area (Å²) in [5, 5.41) is 12.5. The fraction of sp³-hybridized carbons (Fsp3) is 0.300. The van der Waals surface area contributed by atoms with Gasteiger partial charge in [0.2, 0.25) is 5.91 Å². The molecule has 0 aliphatic carbocycles. The highest BCUT2D eigenvalue weighted by molar-refractivity contribution is 6.62. The number of carbonyl (C=O) groups excluding carboxylic acids is 1. The van der Waals surface area contributed by atoms with E-state index in [-0.39, 0.29) is 5.91 Å². The number of carbonyl (C=O) groups is 1. The number of benzene rings is 1. The molecular formula is C10H10BNO3. The van der Waals surface area contributed by atoms with Gasteiger partial charge >= 0.3 is 7.12 Å². The molecule has 5 heteroatoms. The lowest BCUT2D eigenvalue weighted by Crippen LogP contribution is -2.34. The average Bonchev–Trinajstić information content (AvgIpc) is 2.60. The maximum atomic E-state index is 11.2. The second-order valence-corrected chi connectivity index (χ2v) is 3.88. The van der Waals surface area contributed by atoms with Gasteiger partial charge in [0, 0.05) is 12.1 Å². The normalized spacial score (nSPS) is 18.5. The van der Waals surface area contributed by atoms with Crippen molar-refractivity contribution >= 4 is 24.2 Å². The van der Waals surface area contributed by atoms with Crippen LogP contribution in [0.25, 0.3) is 0 Å². The number of amides is 1. The number of nitrogens with one attached hydrogen (secondary N) is 1. The first-order chi connectivity index (χ1) is 7.25. The standard InChI is InChI=1S/C10H10BNO3/c13-9-4-2-7-8(12-9)3-1-6-5-15-11(14)10(6)7/h1,3,14H,2,4-5H2,(H,12,13). The Hall–Kier alpha value is -1.33. The summed E-state index contributed by atoms with van der Waals surface area (Å²) in [6, 6.07) is 3.78. The molecule has 0 radical (unpaired) electrons. The summed E-state index contributed by atoms with van der Waals surface area (Å²) in [5.74, 6) is 0.0378. The Morgan fingerprint density at radius 1 is 1.40 bits per heavy atom. The molecule has 4 nitrogen and oxygen atoms in total. The third-order valence-electron chi connectivity index (χ3n) is 2.97. The van der Waals surface area contributed by atoms with Gasteiger partial charge in [0.15, 0.2) is 0 Å². The Bertz CT molecular complexity index is 447. The predicted molar refractivity (Wildman–Crippen MR) is 55.8 cm³/mol. The van der Waals surface area contributed by atoms with E-state index in [1.807, 2.05) is 12.1 Å². The molecule has 0 aromatic heterocycles. The molecule has 1 aromatic rings. The van der Waals surface area contributed by atoms with E-state index in [1.165, 1.54) is 0 Å². The highest BCUT2D eigenvalue weighted by Gasteiger charge is 2.32. The van der Waals surface area contributed by atoms with Crippen LogP contribution in [0, 0.1) is 0 Å². The molecule has 2 N–H and O–H groups in total. The maximum absolute atomic E-state index is 11.2. The smallest absolute Gasteiger partial charge is 0.423 e. The zero-order valence-corrected chi connectivity index (χ0v) is 8.12. The van der Waals surface area contributed by atoms with E-state index in [0.717, 1.165) is 22.3 Å². The van der Waals surface area contributed by atoms with E-state index in [4.69, 9.17) is 4.65 Å². The van der Waals surface area contributed by atoms with Gasteiger partial charge in [-0.25, -0.2) is 0 Å². The van der Waals surface area contributed by atoms with E-state index in [2.05, 4.69) is 5.32 Å². The van der Waals surface area contributed by atoms with Gasteiger partial charge in [-0.05, 0) is 29.1 Å². The van der Waals surface area contributed by atoms with Gasteiger partial charge in [-0.15, -0.1) is 0 Å². The number of rotatable bonds is 0. The second kappa shape index (κ2) is 3.08. The molecular weight excluding hydrogens is 193 g/mol. The molecule has 15 heavy (non-hydrogen) atoms. The summed E-state index contributed by atoms with van der Waals surface area (Å²) in [6.45, 7) is 0.456. The lowest BCUT2D eigenvalue weighted by atomic mass is 9.74. The van der Waals surface area contributed by atoms with Crippen LogP contribution in [0.4, 0.5) is 5.69 Å². The van der Waals surface area contributed by atoms with Crippen molar-refractivity contribution in [3.05, 3.63) is 23.3 Å². The van der Waals surface area contributed by atoms with Gasteiger partial charge < -0.3 is 15.0 Å². The van der Waals surface area contributed by atoms with Crippen LogP contribution in [0.3, 0.4) is 0 Å². The van der Waals surface area contributed by atoms with Crippen molar-refractivity contribution in [2.75, 3.05) is 5.32 Å². The van der Waals surface area contributed by atoms with E-state index in [1.54, 1.807) is 0 Å². The highest BCUT2D eigenvalue weighted by atomic mass is 16.5. The summed E-state index contributed by atoms with van der Waals surface area (Å²) in [5.41, 5.74) is 3.72. The average molecular weight is 203 g/mol. The molecule has 2 aliphatic heterocycles. The van der Waals surface area contributed by atoms with Crippen LogP contribution in [0.1, 0.15) is 17.5 Å². The minimum absolute atomic E-state index is 0.0378. The number of anilines is 1. The molecule has 0 bridgehead atoms. The van der Waals surface area contributed by atoms with E-state index in [9.17, 15) is 9.82 Å². The summed E-state index contributed by atoms with van der Waals surface area (Å²) in [7, 11) is -0.829. The maximum Gasteiger partial charge on any atom is 0.492 e. The largest absolute Gasteiger partial charge is 0.492 e. The van der Waals surface area contributed by atoms with E-state index in [0.29, 0.717) is 19.4 Å². The quantitative estimate of drug-likeness (QED) is 0.573. The van der Waals surface area contributed by atoms with Crippen molar-refractivity contribution < 1.29 is 14.5 Å². The van der Waals surface area contributed by atoms with Crippen molar-refractivity contribution in [2.45, 2.75) is 19.4 Å². The molecule has 0 atom stereocenters. The van der Waals surface area contributed by atoms with Crippen molar-refractivity contribution in [1.82, 2.24) is 0 Å². The Balaban J connectivity index is 2.16. The molecule has 3 rings (SSSR count). The van der Waals surface area contributed by atoms with Crippen LogP contribution in [-0.4, -0.2) is 18.0 Å². The molecule has 1 amide bonds. The molecule has 1 aromatic carbocycles. The third kappa shape index (κ3) is 1.27. The molecule has 0 spiro atoms. The van der Waals surface area contributed by atoms with Crippen molar-refractivity contribution in [3.63, 3.8) is 0 Å². The van der Waals surface area contributed by atoms with Gasteiger partial charge in [-0.3, -0.25) is 4.79 Å². The Kier molecular flexibility index (Phi) is 1.84. The third-order valence-corrected chi connectivity index (χ3v) is 2.97. The number of hydrogen-bond acceptors (Lipinski definition) is 3. The zero-order valence-electron chi connectivity index (χ0n) is 8.12. The van der Waals surface area contributed by atoms with E-state index >= 15 is 0 Å². The Labute approximate surface area is 87.4 Å². The topological polar surface area (TPSA) is 58.6 Å². The molecule has 2 aliphatic rings. The van der Waals surface area contributed by atoms with Crippen LogP contribution >= 0.6 is 0 Å². The molecule has 0 saturated carbocycles. The molecule has 2 heterocycles. The van der Waals surface area contributed by atoms with Crippen molar-refractivity contribution in [2.24, 2.45) is 0 Å². The van der Waals surface area contributed by atoms with Gasteiger partial charge in [0.1, 0.15) is 0 Å². The summed E-state index contributed by atoms with van der Waals surface area (Å²) >= 11 is 0. The highest BCUT2D eigenvalue weighted by Crippen LogP contribution is 2.25. The van der Waals surface area contributed by atoms with Gasteiger partial charge in [-0.2, -0.15) is 0 Å². The van der Waals surface area contributed by atoms with Crippen molar-refractivity contribution in [1.29, 1.82) is 0 Å².